The molecular weight excluding hydrogens is 298 g/mol. The van der Waals surface area contributed by atoms with Gasteiger partial charge in [-0.25, -0.2) is 4.79 Å². The van der Waals surface area contributed by atoms with Crippen LogP contribution in [0.1, 0.15) is 80.8 Å². The molecule has 0 bridgehead atoms. The highest BCUT2D eigenvalue weighted by Gasteiger charge is 2.17. The number of nitrogens with zero attached hydrogens (tertiary/aromatic N) is 1. The molecule has 1 unspecified atom stereocenters. The quantitative estimate of drug-likeness (QED) is 0.427. The Hall–Kier alpha value is -1.90. The van der Waals surface area contributed by atoms with Crippen molar-refractivity contribution >= 4 is 16.9 Å². The van der Waals surface area contributed by atoms with Crippen molar-refractivity contribution < 1.29 is 9.53 Å². The SMILES string of the molecule is CCCCCCCC(CC)c1cc(C(=O)OC)c2ccccc2n1. The molecule has 3 nitrogen and oxygen atoms in total. The smallest absolute Gasteiger partial charge is 0.338 e. The average molecular weight is 327 g/mol. The summed E-state index contributed by atoms with van der Waals surface area (Å²) < 4.78 is 4.97. The average Bonchev–Trinajstić information content (AvgIpc) is 2.63. The fourth-order valence-electron chi connectivity index (χ4n) is 3.24. The van der Waals surface area contributed by atoms with Crippen LogP contribution in [0.15, 0.2) is 30.3 Å². The van der Waals surface area contributed by atoms with Crippen LogP contribution in [-0.4, -0.2) is 18.1 Å². The number of carbonyl (C=O) groups is 1. The minimum absolute atomic E-state index is 0.285. The van der Waals surface area contributed by atoms with Crippen LogP contribution in [0.4, 0.5) is 0 Å². The van der Waals surface area contributed by atoms with Crippen molar-refractivity contribution in [3.05, 3.63) is 41.6 Å². The van der Waals surface area contributed by atoms with Crippen LogP contribution in [0.5, 0.6) is 0 Å². The van der Waals surface area contributed by atoms with Gasteiger partial charge in [-0.3, -0.25) is 4.98 Å². The van der Waals surface area contributed by atoms with E-state index in [0.29, 0.717) is 11.5 Å². The Balaban J connectivity index is 2.24. The van der Waals surface area contributed by atoms with Gasteiger partial charge in [0.25, 0.3) is 0 Å². The van der Waals surface area contributed by atoms with Gasteiger partial charge in [-0.1, -0.05) is 64.2 Å². The van der Waals surface area contributed by atoms with Crippen LogP contribution in [0.2, 0.25) is 0 Å². The molecule has 0 aliphatic rings. The molecule has 2 aromatic rings. The number of unbranched alkanes of at least 4 members (excludes halogenated alkanes) is 4. The summed E-state index contributed by atoms with van der Waals surface area (Å²) in [4.78, 5) is 17.0. The van der Waals surface area contributed by atoms with E-state index < -0.39 is 0 Å². The topological polar surface area (TPSA) is 39.2 Å². The standard InChI is InChI=1S/C21H29NO2/c1-4-6-7-8-9-12-16(5-2)20-15-18(21(23)24-3)17-13-10-11-14-19(17)22-20/h10-11,13-16H,4-9,12H2,1-3H3. The van der Waals surface area contributed by atoms with Crippen molar-refractivity contribution in [1.29, 1.82) is 0 Å². The zero-order valence-corrected chi connectivity index (χ0v) is 15.2. The summed E-state index contributed by atoms with van der Waals surface area (Å²) in [6.45, 7) is 4.44. The van der Waals surface area contributed by atoms with Crippen molar-refractivity contribution in [3.8, 4) is 0 Å². The predicted molar refractivity (Wildman–Crippen MR) is 99.5 cm³/mol. The monoisotopic (exact) mass is 327 g/mol. The summed E-state index contributed by atoms with van der Waals surface area (Å²) in [5.41, 5.74) is 2.52. The van der Waals surface area contributed by atoms with Crippen LogP contribution < -0.4 is 0 Å². The lowest BCUT2D eigenvalue weighted by atomic mass is 9.92. The van der Waals surface area contributed by atoms with Crippen molar-refractivity contribution in [1.82, 2.24) is 4.98 Å². The summed E-state index contributed by atoms with van der Waals surface area (Å²) in [6.07, 6.45) is 8.57. The Kier molecular flexibility index (Phi) is 7.23. The minimum Gasteiger partial charge on any atom is -0.465 e. The first-order valence-corrected chi connectivity index (χ1v) is 9.19. The Labute approximate surface area is 145 Å². The van der Waals surface area contributed by atoms with Crippen LogP contribution in [0, 0.1) is 0 Å². The Morgan fingerprint density at radius 1 is 1.12 bits per heavy atom. The Morgan fingerprint density at radius 2 is 1.88 bits per heavy atom. The Morgan fingerprint density at radius 3 is 2.58 bits per heavy atom. The van der Waals surface area contributed by atoms with Crippen molar-refractivity contribution in [3.63, 3.8) is 0 Å². The molecule has 0 radical (unpaired) electrons. The van der Waals surface area contributed by atoms with Gasteiger partial charge >= 0.3 is 5.97 Å². The maximum Gasteiger partial charge on any atom is 0.338 e. The number of fused-ring (bicyclic) bond motifs is 1. The molecular formula is C21H29NO2. The zero-order chi connectivity index (χ0) is 17.4. The van der Waals surface area contributed by atoms with Crippen LogP contribution >= 0.6 is 0 Å². The number of pyridine rings is 1. The largest absolute Gasteiger partial charge is 0.465 e. The van der Waals surface area contributed by atoms with Gasteiger partial charge in [0.1, 0.15) is 0 Å². The van der Waals surface area contributed by atoms with Gasteiger partial charge in [0.05, 0.1) is 18.2 Å². The van der Waals surface area contributed by atoms with Crippen molar-refractivity contribution in [2.24, 2.45) is 0 Å². The van der Waals surface area contributed by atoms with E-state index >= 15 is 0 Å². The fraction of sp³-hybridized carbons (Fsp3) is 0.524. The maximum absolute atomic E-state index is 12.2. The van der Waals surface area contributed by atoms with Crippen LogP contribution in [-0.2, 0) is 4.74 Å². The van der Waals surface area contributed by atoms with Crippen LogP contribution in [0.3, 0.4) is 0 Å². The first-order chi connectivity index (χ1) is 11.7. The molecule has 24 heavy (non-hydrogen) atoms. The van der Waals surface area contributed by atoms with E-state index in [1.54, 1.807) is 0 Å². The molecule has 0 spiro atoms. The van der Waals surface area contributed by atoms with Crippen molar-refractivity contribution in [2.45, 2.75) is 64.7 Å². The molecule has 130 valence electrons. The van der Waals surface area contributed by atoms with E-state index in [1.807, 2.05) is 30.3 Å². The molecule has 2 rings (SSSR count). The maximum atomic E-state index is 12.2. The highest BCUT2D eigenvalue weighted by atomic mass is 16.5. The van der Waals surface area contributed by atoms with E-state index in [9.17, 15) is 4.79 Å². The summed E-state index contributed by atoms with van der Waals surface area (Å²) in [5, 5.41) is 0.867. The molecule has 1 heterocycles. The van der Waals surface area contributed by atoms with E-state index in [0.717, 1.165) is 29.4 Å². The number of para-hydroxylation sites is 1. The minimum atomic E-state index is -0.285. The third kappa shape index (κ3) is 4.56. The third-order valence-corrected chi connectivity index (χ3v) is 4.71. The van der Waals surface area contributed by atoms with Gasteiger partial charge in [-0.2, -0.15) is 0 Å². The molecule has 1 aromatic heterocycles. The van der Waals surface area contributed by atoms with Gasteiger partial charge in [0.15, 0.2) is 0 Å². The van der Waals surface area contributed by atoms with E-state index in [-0.39, 0.29) is 5.97 Å². The lowest BCUT2D eigenvalue weighted by Crippen LogP contribution is -2.08. The highest BCUT2D eigenvalue weighted by Crippen LogP contribution is 2.28. The summed E-state index contributed by atoms with van der Waals surface area (Å²) in [5.74, 6) is 0.118. The second-order valence-corrected chi connectivity index (χ2v) is 6.41. The van der Waals surface area contributed by atoms with Gasteiger partial charge < -0.3 is 4.74 Å². The van der Waals surface area contributed by atoms with Gasteiger partial charge in [0, 0.05) is 17.0 Å². The summed E-state index contributed by atoms with van der Waals surface area (Å²) >= 11 is 0. The number of ether oxygens (including phenoxy) is 1. The molecule has 1 aromatic carbocycles. The zero-order valence-electron chi connectivity index (χ0n) is 15.2. The highest BCUT2D eigenvalue weighted by molar-refractivity contribution is 6.03. The second kappa shape index (κ2) is 9.41. The lowest BCUT2D eigenvalue weighted by Gasteiger charge is -2.16. The number of hydrogen-bond acceptors (Lipinski definition) is 3. The van der Waals surface area contributed by atoms with Gasteiger partial charge in [0.2, 0.25) is 0 Å². The molecule has 1 atom stereocenters. The number of esters is 1. The number of aromatic nitrogens is 1. The molecule has 0 aliphatic carbocycles. The summed E-state index contributed by atoms with van der Waals surface area (Å²) in [7, 11) is 1.43. The second-order valence-electron chi connectivity index (χ2n) is 6.41. The number of hydrogen-bond donors (Lipinski definition) is 0. The van der Waals surface area contributed by atoms with Crippen LogP contribution in [0.25, 0.3) is 10.9 Å². The molecule has 0 aliphatic heterocycles. The molecule has 0 N–H and O–H groups in total. The van der Waals surface area contributed by atoms with Gasteiger partial charge in [-0.05, 0) is 25.0 Å². The van der Waals surface area contributed by atoms with Crippen molar-refractivity contribution in [2.75, 3.05) is 7.11 Å². The first kappa shape index (κ1) is 18.4. The van der Waals surface area contributed by atoms with E-state index in [2.05, 4.69) is 13.8 Å². The number of carbonyl (C=O) groups excluding carboxylic acids is 1. The van der Waals surface area contributed by atoms with E-state index in [1.165, 1.54) is 39.2 Å². The Bertz CT molecular complexity index is 666. The normalized spacial score (nSPS) is 12.3. The fourth-order valence-corrected chi connectivity index (χ4v) is 3.24. The first-order valence-electron chi connectivity index (χ1n) is 9.19. The number of benzene rings is 1. The van der Waals surface area contributed by atoms with Gasteiger partial charge in [-0.15, -0.1) is 0 Å². The summed E-state index contributed by atoms with van der Waals surface area (Å²) in [6, 6.07) is 9.74. The molecule has 0 saturated heterocycles. The predicted octanol–water partition coefficient (Wildman–Crippen LogP) is 5.88. The number of methoxy groups -OCH3 is 1. The molecule has 0 saturated carbocycles. The lowest BCUT2D eigenvalue weighted by molar-refractivity contribution is 0.0602. The third-order valence-electron chi connectivity index (χ3n) is 4.71. The molecule has 3 heteroatoms. The molecule has 0 fully saturated rings. The molecule has 0 amide bonds. The van der Waals surface area contributed by atoms with E-state index in [4.69, 9.17) is 9.72 Å². The number of rotatable bonds is 9.